The fraction of sp³-hybridized carbons (Fsp3) is 0.458. The fourth-order valence-electron chi connectivity index (χ4n) is 4.44. The van der Waals surface area contributed by atoms with Gasteiger partial charge >= 0.3 is 5.97 Å². The molecule has 0 aromatic carbocycles. The second-order valence-electron chi connectivity index (χ2n) is 8.16. The fourth-order valence-corrected chi connectivity index (χ4v) is 4.44. The Morgan fingerprint density at radius 2 is 2.03 bits per heavy atom. The normalized spacial score (nSPS) is 18.8. The molecule has 0 fully saturated rings. The SMILES string of the molecule is COC(=O)c1c(OCc2ccncc2)cc(=O)n2c1CCN(C[C@H]1CC=CCC1)CC2. The first-order valence-electron chi connectivity index (χ1n) is 10.9. The van der Waals surface area contributed by atoms with Crippen molar-refractivity contribution >= 4 is 5.97 Å². The van der Waals surface area contributed by atoms with Gasteiger partial charge in [-0.25, -0.2) is 4.79 Å². The number of carbonyl (C=O) groups is 1. The zero-order valence-electron chi connectivity index (χ0n) is 18.0. The molecule has 7 nitrogen and oxygen atoms in total. The van der Waals surface area contributed by atoms with Crippen LogP contribution in [0.25, 0.3) is 0 Å². The third kappa shape index (κ3) is 5.05. The number of carbonyl (C=O) groups excluding carboxylic acids is 1. The number of fused-ring (bicyclic) bond motifs is 1. The molecule has 4 rings (SSSR count). The van der Waals surface area contributed by atoms with E-state index in [0.717, 1.165) is 38.0 Å². The molecule has 0 amide bonds. The van der Waals surface area contributed by atoms with Crippen LogP contribution in [0.2, 0.25) is 0 Å². The van der Waals surface area contributed by atoms with Gasteiger partial charge in [0, 0.05) is 56.8 Å². The van der Waals surface area contributed by atoms with Crippen LogP contribution in [0.1, 0.15) is 40.9 Å². The molecule has 2 aromatic heterocycles. The molecule has 1 aliphatic heterocycles. The molecule has 0 radical (unpaired) electrons. The van der Waals surface area contributed by atoms with Gasteiger partial charge in [-0.15, -0.1) is 0 Å². The van der Waals surface area contributed by atoms with Crippen molar-refractivity contribution in [1.82, 2.24) is 14.5 Å². The second-order valence-corrected chi connectivity index (χ2v) is 8.16. The van der Waals surface area contributed by atoms with E-state index in [1.807, 2.05) is 12.1 Å². The van der Waals surface area contributed by atoms with E-state index in [1.54, 1.807) is 17.0 Å². The highest BCUT2D eigenvalue weighted by Crippen LogP contribution is 2.26. The zero-order chi connectivity index (χ0) is 21.6. The van der Waals surface area contributed by atoms with Gasteiger partial charge in [-0.1, -0.05) is 12.2 Å². The van der Waals surface area contributed by atoms with Crippen molar-refractivity contribution in [2.45, 2.75) is 38.8 Å². The van der Waals surface area contributed by atoms with Gasteiger partial charge in [0.15, 0.2) is 0 Å². The summed E-state index contributed by atoms with van der Waals surface area (Å²) in [5.74, 6) is 0.465. The number of rotatable bonds is 6. The number of hydrogen-bond acceptors (Lipinski definition) is 6. The van der Waals surface area contributed by atoms with Gasteiger partial charge in [-0.2, -0.15) is 0 Å². The van der Waals surface area contributed by atoms with Crippen molar-refractivity contribution in [2.75, 3.05) is 26.7 Å². The quantitative estimate of drug-likeness (QED) is 0.526. The highest BCUT2D eigenvalue weighted by Gasteiger charge is 2.27. The lowest BCUT2D eigenvalue weighted by Gasteiger charge is -2.26. The molecule has 2 aliphatic rings. The van der Waals surface area contributed by atoms with E-state index >= 15 is 0 Å². The molecule has 0 saturated heterocycles. The predicted molar refractivity (Wildman–Crippen MR) is 117 cm³/mol. The van der Waals surface area contributed by atoms with Gasteiger partial charge in [0.2, 0.25) is 0 Å². The first kappa shape index (κ1) is 21.3. The molecule has 0 spiro atoms. The molecule has 0 N–H and O–H groups in total. The molecule has 0 bridgehead atoms. The third-order valence-electron chi connectivity index (χ3n) is 6.11. The molecule has 31 heavy (non-hydrogen) atoms. The van der Waals surface area contributed by atoms with E-state index < -0.39 is 5.97 Å². The van der Waals surface area contributed by atoms with Crippen LogP contribution in [0.3, 0.4) is 0 Å². The highest BCUT2D eigenvalue weighted by molar-refractivity contribution is 5.93. The third-order valence-corrected chi connectivity index (χ3v) is 6.11. The molecule has 2 aromatic rings. The summed E-state index contributed by atoms with van der Waals surface area (Å²) in [6.07, 6.45) is 12.0. The monoisotopic (exact) mass is 423 g/mol. The summed E-state index contributed by atoms with van der Waals surface area (Å²) in [7, 11) is 1.36. The van der Waals surface area contributed by atoms with Crippen molar-refractivity contribution in [3.8, 4) is 5.75 Å². The van der Waals surface area contributed by atoms with Gasteiger partial charge in [0.25, 0.3) is 5.56 Å². The Kier molecular flexibility index (Phi) is 6.82. The molecular formula is C24H29N3O4. The summed E-state index contributed by atoms with van der Waals surface area (Å²) < 4.78 is 12.7. The number of esters is 1. The minimum absolute atomic E-state index is 0.144. The number of nitrogens with zero attached hydrogens (tertiary/aromatic N) is 3. The summed E-state index contributed by atoms with van der Waals surface area (Å²) >= 11 is 0. The number of hydrogen-bond donors (Lipinski definition) is 0. The van der Waals surface area contributed by atoms with Crippen LogP contribution in [0, 0.1) is 5.92 Å². The van der Waals surface area contributed by atoms with Gasteiger partial charge in [-0.05, 0) is 42.9 Å². The summed E-state index contributed by atoms with van der Waals surface area (Å²) in [5, 5.41) is 0. The van der Waals surface area contributed by atoms with Crippen molar-refractivity contribution in [3.05, 3.63) is 69.9 Å². The summed E-state index contributed by atoms with van der Waals surface area (Å²) in [5.41, 5.74) is 1.83. The van der Waals surface area contributed by atoms with E-state index in [4.69, 9.17) is 9.47 Å². The second kappa shape index (κ2) is 9.92. The lowest BCUT2D eigenvalue weighted by atomic mass is 9.94. The van der Waals surface area contributed by atoms with Crippen LogP contribution in [0.4, 0.5) is 0 Å². The maximum Gasteiger partial charge on any atom is 0.343 e. The molecule has 1 aliphatic carbocycles. The lowest BCUT2D eigenvalue weighted by Crippen LogP contribution is -2.33. The molecule has 3 heterocycles. The maximum atomic E-state index is 12.9. The Balaban J connectivity index is 1.58. The highest BCUT2D eigenvalue weighted by atomic mass is 16.5. The number of methoxy groups -OCH3 is 1. The van der Waals surface area contributed by atoms with Gasteiger partial charge in [0.1, 0.15) is 17.9 Å². The van der Waals surface area contributed by atoms with Crippen molar-refractivity contribution in [1.29, 1.82) is 0 Å². The zero-order valence-corrected chi connectivity index (χ0v) is 18.0. The van der Waals surface area contributed by atoms with Crippen LogP contribution in [0.5, 0.6) is 5.75 Å². The van der Waals surface area contributed by atoms with Crippen molar-refractivity contribution < 1.29 is 14.3 Å². The maximum absolute atomic E-state index is 12.9. The number of ether oxygens (including phenoxy) is 2. The Hall–Kier alpha value is -2.93. The first-order valence-corrected chi connectivity index (χ1v) is 10.9. The molecular weight excluding hydrogens is 394 g/mol. The molecule has 1 atom stereocenters. The average molecular weight is 424 g/mol. The van der Waals surface area contributed by atoms with Crippen molar-refractivity contribution in [3.63, 3.8) is 0 Å². The number of allylic oxidation sites excluding steroid dienone is 2. The lowest BCUT2D eigenvalue weighted by molar-refractivity contribution is 0.0592. The Labute approximate surface area is 182 Å². The Morgan fingerprint density at radius 1 is 1.19 bits per heavy atom. The van der Waals surface area contributed by atoms with Gasteiger partial charge < -0.3 is 18.9 Å². The molecule has 0 unspecified atom stereocenters. The Bertz CT molecular complexity index is 1000. The average Bonchev–Trinajstić information content (AvgIpc) is 3.02. The van der Waals surface area contributed by atoms with Gasteiger partial charge in [-0.3, -0.25) is 9.78 Å². The predicted octanol–water partition coefficient (Wildman–Crippen LogP) is 2.82. The minimum atomic E-state index is -0.473. The van der Waals surface area contributed by atoms with Crippen LogP contribution in [-0.2, 0) is 24.3 Å². The van der Waals surface area contributed by atoms with E-state index in [0.29, 0.717) is 30.1 Å². The van der Waals surface area contributed by atoms with Crippen LogP contribution in [0.15, 0.2) is 47.5 Å². The van der Waals surface area contributed by atoms with E-state index in [1.165, 1.54) is 19.6 Å². The van der Waals surface area contributed by atoms with E-state index in [9.17, 15) is 9.59 Å². The molecule has 164 valence electrons. The number of pyridine rings is 2. The smallest absolute Gasteiger partial charge is 0.343 e. The summed E-state index contributed by atoms with van der Waals surface area (Å²) in [4.78, 5) is 32.0. The molecule has 7 heteroatoms. The van der Waals surface area contributed by atoms with E-state index in [-0.39, 0.29) is 17.9 Å². The first-order chi connectivity index (χ1) is 15.2. The van der Waals surface area contributed by atoms with Crippen molar-refractivity contribution in [2.24, 2.45) is 5.92 Å². The summed E-state index contributed by atoms with van der Waals surface area (Å²) in [6.45, 7) is 3.43. The largest absolute Gasteiger partial charge is 0.488 e. The van der Waals surface area contributed by atoms with Crippen LogP contribution < -0.4 is 10.3 Å². The molecule has 0 saturated carbocycles. The van der Waals surface area contributed by atoms with Crippen LogP contribution in [-0.4, -0.2) is 47.2 Å². The minimum Gasteiger partial charge on any atom is -0.488 e. The van der Waals surface area contributed by atoms with E-state index in [2.05, 4.69) is 22.0 Å². The topological polar surface area (TPSA) is 73.7 Å². The number of aromatic nitrogens is 2. The standard InChI is InChI=1S/C24H29N3O4/c1-30-24(29)23-20-9-12-26(16-18-5-3-2-4-6-18)13-14-27(20)22(28)15-21(23)31-17-19-7-10-25-11-8-19/h2-3,7-8,10-11,15,18H,4-6,9,12-14,16-17H2,1H3/t18-/m0/s1. The summed E-state index contributed by atoms with van der Waals surface area (Å²) in [6, 6.07) is 5.09. The Morgan fingerprint density at radius 3 is 2.77 bits per heavy atom. The van der Waals surface area contributed by atoms with Gasteiger partial charge in [0.05, 0.1) is 7.11 Å². The van der Waals surface area contributed by atoms with Crippen LogP contribution >= 0.6 is 0 Å².